The number of ether oxygens (including phenoxy) is 2. The number of rotatable bonds is 5. The molecule has 0 radical (unpaired) electrons. The summed E-state index contributed by atoms with van der Waals surface area (Å²) >= 11 is 0. The number of imidazole rings is 1. The molecule has 0 saturated carbocycles. The van der Waals surface area contributed by atoms with Crippen LogP contribution >= 0.6 is 0 Å². The molecule has 21 heavy (non-hydrogen) atoms. The first kappa shape index (κ1) is 14.7. The number of fused-ring (bicyclic) bond motifs is 1. The van der Waals surface area contributed by atoms with E-state index in [1.807, 2.05) is 0 Å². The lowest BCUT2D eigenvalue weighted by Gasteiger charge is -2.15. The summed E-state index contributed by atoms with van der Waals surface area (Å²) in [6.45, 7) is 3.57. The largest absolute Gasteiger partial charge is 0.464 e. The SMILES string of the molecule is CCOC(=O)C(C(=O)OCC)n1cnc2c(N)ncnc21. The summed E-state index contributed by atoms with van der Waals surface area (Å²) in [6, 6.07) is -1.32. The van der Waals surface area contributed by atoms with E-state index in [0.29, 0.717) is 5.52 Å². The number of hydrogen-bond donors (Lipinski definition) is 1. The fourth-order valence-electron chi connectivity index (χ4n) is 1.82. The maximum absolute atomic E-state index is 12.0. The Bertz CT molecular complexity index is 651. The molecule has 2 aromatic rings. The van der Waals surface area contributed by atoms with Crippen LogP contribution in [0.2, 0.25) is 0 Å². The highest BCUT2D eigenvalue weighted by Gasteiger charge is 2.33. The van der Waals surface area contributed by atoms with Gasteiger partial charge in [-0.05, 0) is 13.8 Å². The number of esters is 2. The molecule has 2 heterocycles. The van der Waals surface area contributed by atoms with Crippen molar-refractivity contribution in [3.63, 3.8) is 0 Å². The Labute approximate surface area is 120 Å². The van der Waals surface area contributed by atoms with E-state index in [9.17, 15) is 9.59 Å². The molecule has 0 spiro atoms. The quantitative estimate of drug-likeness (QED) is 0.607. The average molecular weight is 293 g/mol. The van der Waals surface area contributed by atoms with Gasteiger partial charge in [-0.3, -0.25) is 4.57 Å². The molecule has 0 fully saturated rings. The van der Waals surface area contributed by atoms with E-state index >= 15 is 0 Å². The number of carbonyl (C=O) groups is 2. The van der Waals surface area contributed by atoms with Gasteiger partial charge in [-0.2, -0.15) is 0 Å². The summed E-state index contributed by atoms with van der Waals surface area (Å²) in [5, 5.41) is 0. The van der Waals surface area contributed by atoms with Gasteiger partial charge in [-0.25, -0.2) is 24.5 Å². The molecule has 0 atom stereocenters. The second kappa shape index (κ2) is 6.16. The van der Waals surface area contributed by atoms with Crippen LogP contribution in [-0.2, 0) is 19.1 Å². The van der Waals surface area contributed by atoms with E-state index in [0.717, 1.165) is 0 Å². The molecular weight excluding hydrogens is 278 g/mol. The Morgan fingerprint density at radius 3 is 2.38 bits per heavy atom. The molecule has 0 bridgehead atoms. The standard InChI is InChI=1S/C12H15N5O4/c1-3-20-11(18)8(12(19)21-4-2)17-6-16-7-9(13)14-5-15-10(7)17/h5-6,8H,3-4H2,1-2H3,(H2,13,14,15). The third-order valence-corrected chi connectivity index (χ3v) is 2.68. The van der Waals surface area contributed by atoms with Crippen molar-refractivity contribution in [2.24, 2.45) is 0 Å². The van der Waals surface area contributed by atoms with Crippen LogP contribution in [0.4, 0.5) is 5.82 Å². The smallest absolute Gasteiger partial charge is 0.341 e. The number of hydrogen-bond acceptors (Lipinski definition) is 8. The lowest BCUT2D eigenvalue weighted by Crippen LogP contribution is -2.31. The summed E-state index contributed by atoms with van der Waals surface area (Å²) in [5.74, 6) is -1.33. The number of anilines is 1. The van der Waals surface area contributed by atoms with Gasteiger partial charge in [0.05, 0.1) is 19.5 Å². The zero-order valence-electron chi connectivity index (χ0n) is 11.6. The molecule has 9 heteroatoms. The van der Waals surface area contributed by atoms with Crippen LogP contribution < -0.4 is 5.73 Å². The molecule has 2 rings (SSSR count). The molecule has 0 aliphatic rings. The molecule has 9 nitrogen and oxygen atoms in total. The van der Waals surface area contributed by atoms with E-state index < -0.39 is 18.0 Å². The van der Waals surface area contributed by atoms with Crippen molar-refractivity contribution in [3.05, 3.63) is 12.7 Å². The minimum absolute atomic E-state index is 0.137. The van der Waals surface area contributed by atoms with E-state index in [-0.39, 0.29) is 24.7 Å². The molecule has 2 aromatic heterocycles. The van der Waals surface area contributed by atoms with Crippen molar-refractivity contribution in [1.29, 1.82) is 0 Å². The highest BCUT2D eigenvalue weighted by molar-refractivity contribution is 5.98. The van der Waals surface area contributed by atoms with Crippen LogP contribution in [0.5, 0.6) is 0 Å². The Morgan fingerprint density at radius 1 is 1.19 bits per heavy atom. The van der Waals surface area contributed by atoms with Gasteiger partial charge in [0, 0.05) is 0 Å². The summed E-state index contributed by atoms with van der Waals surface area (Å²) < 4.78 is 11.1. The Kier molecular flexibility index (Phi) is 4.31. The molecule has 0 aliphatic heterocycles. The highest BCUT2D eigenvalue weighted by Crippen LogP contribution is 2.20. The van der Waals surface area contributed by atoms with E-state index in [2.05, 4.69) is 15.0 Å². The van der Waals surface area contributed by atoms with Crippen LogP contribution in [0.15, 0.2) is 12.7 Å². The van der Waals surface area contributed by atoms with Crippen molar-refractivity contribution >= 4 is 28.9 Å². The Morgan fingerprint density at radius 2 is 1.81 bits per heavy atom. The third kappa shape index (κ3) is 2.76. The molecule has 0 unspecified atom stereocenters. The number of carbonyl (C=O) groups excluding carboxylic acids is 2. The van der Waals surface area contributed by atoms with Gasteiger partial charge in [0.2, 0.25) is 6.04 Å². The van der Waals surface area contributed by atoms with Crippen molar-refractivity contribution < 1.29 is 19.1 Å². The molecule has 0 amide bonds. The van der Waals surface area contributed by atoms with Crippen LogP contribution in [0.1, 0.15) is 19.9 Å². The normalized spacial score (nSPS) is 10.8. The van der Waals surface area contributed by atoms with Gasteiger partial charge in [-0.1, -0.05) is 0 Å². The van der Waals surface area contributed by atoms with Gasteiger partial charge in [0.1, 0.15) is 11.8 Å². The molecule has 2 N–H and O–H groups in total. The number of nitrogens with zero attached hydrogens (tertiary/aromatic N) is 4. The minimum Gasteiger partial charge on any atom is -0.464 e. The summed E-state index contributed by atoms with van der Waals surface area (Å²) in [6.07, 6.45) is 2.51. The second-order valence-electron chi connectivity index (χ2n) is 3.99. The van der Waals surface area contributed by atoms with Crippen LogP contribution in [-0.4, -0.2) is 44.7 Å². The average Bonchev–Trinajstić information content (AvgIpc) is 2.85. The van der Waals surface area contributed by atoms with Gasteiger partial charge in [-0.15, -0.1) is 0 Å². The highest BCUT2D eigenvalue weighted by atomic mass is 16.6. The van der Waals surface area contributed by atoms with Gasteiger partial charge >= 0.3 is 11.9 Å². The first-order valence-corrected chi connectivity index (χ1v) is 6.36. The zero-order valence-corrected chi connectivity index (χ0v) is 11.6. The molecule has 0 aromatic carbocycles. The molecule has 112 valence electrons. The maximum Gasteiger partial charge on any atom is 0.341 e. The molecular formula is C12H15N5O4. The van der Waals surface area contributed by atoms with Crippen molar-refractivity contribution in [2.75, 3.05) is 18.9 Å². The number of nitrogen functional groups attached to an aromatic ring is 1. The van der Waals surface area contributed by atoms with E-state index in [4.69, 9.17) is 15.2 Å². The van der Waals surface area contributed by atoms with Crippen molar-refractivity contribution in [1.82, 2.24) is 19.5 Å². The van der Waals surface area contributed by atoms with Crippen molar-refractivity contribution in [3.8, 4) is 0 Å². The molecule has 0 saturated heterocycles. The first-order chi connectivity index (χ1) is 10.1. The van der Waals surface area contributed by atoms with Gasteiger partial charge in [0.25, 0.3) is 0 Å². The fraction of sp³-hybridized carbons (Fsp3) is 0.417. The summed E-state index contributed by atoms with van der Waals surface area (Å²) in [5.41, 5.74) is 6.24. The van der Waals surface area contributed by atoms with Gasteiger partial charge < -0.3 is 15.2 Å². The third-order valence-electron chi connectivity index (χ3n) is 2.68. The van der Waals surface area contributed by atoms with Gasteiger partial charge in [0.15, 0.2) is 11.5 Å². The maximum atomic E-state index is 12.0. The lowest BCUT2D eigenvalue weighted by atomic mass is 10.3. The lowest BCUT2D eigenvalue weighted by molar-refractivity contribution is -0.160. The predicted octanol–water partition coefficient (Wildman–Crippen LogP) is 0.0758. The fourth-order valence-corrected chi connectivity index (χ4v) is 1.82. The van der Waals surface area contributed by atoms with E-state index in [1.54, 1.807) is 13.8 Å². The predicted molar refractivity (Wildman–Crippen MR) is 72.0 cm³/mol. The van der Waals surface area contributed by atoms with Crippen LogP contribution in [0.25, 0.3) is 11.2 Å². The van der Waals surface area contributed by atoms with Crippen LogP contribution in [0.3, 0.4) is 0 Å². The van der Waals surface area contributed by atoms with Crippen LogP contribution in [0, 0.1) is 0 Å². The topological polar surface area (TPSA) is 122 Å². The van der Waals surface area contributed by atoms with Crippen molar-refractivity contribution in [2.45, 2.75) is 19.9 Å². The monoisotopic (exact) mass is 293 g/mol. The number of aromatic nitrogens is 4. The Hall–Kier alpha value is -2.71. The first-order valence-electron chi connectivity index (χ1n) is 6.36. The Balaban J connectivity index is 2.50. The zero-order chi connectivity index (χ0) is 15.4. The molecule has 0 aliphatic carbocycles. The summed E-state index contributed by atoms with van der Waals surface area (Å²) in [7, 11) is 0. The number of nitrogens with two attached hydrogens (primary N) is 1. The summed E-state index contributed by atoms with van der Waals surface area (Å²) in [4.78, 5) is 35.9. The van der Waals surface area contributed by atoms with E-state index in [1.165, 1.54) is 17.2 Å². The minimum atomic E-state index is -1.32. The second-order valence-corrected chi connectivity index (χ2v) is 3.99.